The molecule has 2 fully saturated rings. The molecule has 2 aliphatic heterocycles. The van der Waals surface area contributed by atoms with Crippen molar-refractivity contribution in [3.05, 3.63) is 18.2 Å². The summed E-state index contributed by atoms with van der Waals surface area (Å²) in [5, 5.41) is 0. The zero-order valence-corrected chi connectivity index (χ0v) is 14.7. The zero-order chi connectivity index (χ0) is 17.8. The van der Waals surface area contributed by atoms with E-state index in [4.69, 9.17) is 0 Å². The van der Waals surface area contributed by atoms with Gasteiger partial charge in [-0.1, -0.05) is 6.92 Å². The number of rotatable bonds is 6. The maximum Gasteiger partial charge on any atom is 0.242 e. The number of imidazole rings is 1. The lowest BCUT2D eigenvalue weighted by Gasteiger charge is -2.35. The maximum atomic E-state index is 12.3. The molecular weight excluding hydrogens is 322 g/mol. The molecule has 0 N–H and O–H groups in total. The first-order valence-electron chi connectivity index (χ1n) is 8.92. The number of likely N-dealkylation sites (tertiary alicyclic amines) is 1. The van der Waals surface area contributed by atoms with Crippen molar-refractivity contribution in [2.24, 2.45) is 0 Å². The van der Waals surface area contributed by atoms with Gasteiger partial charge >= 0.3 is 0 Å². The zero-order valence-electron chi connectivity index (χ0n) is 14.7. The van der Waals surface area contributed by atoms with Gasteiger partial charge < -0.3 is 9.47 Å². The van der Waals surface area contributed by atoms with Crippen molar-refractivity contribution in [1.82, 2.24) is 24.3 Å². The lowest BCUT2D eigenvalue weighted by molar-refractivity contribution is -0.146. The van der Waals surface area contributed by atoms with Crippen LogP contribution in [0.1, 0.15) is 25.6 Å². The van der Waals surface area contributed by atoms with Crippen LogP contribution in [0.2, 0.25) is 0 Å². The SMILES string of the molecule is CCc1nccn1CCN1CCN(C(=O)CN2C(=O)CCC2=O)CC1. The summed E-state index contributed by atoms with van der Waals surface area (Å²) < 4.78 is 2.17. The first-order chi connectivity index (χ1) is 12.1. The van der Waals surface area contributed by atoms with Gasteiger partial charge in [-0.25, -0.2) is 4.98 Å². The highest BCUT2D eigenvalue weighted by atomic mass is 16.2. The molecule has 0 radical (unpaired) electrons. The summed E-state index contributed by atoms with van der Waals surface area (Å²) in [7, 11) is 0. The van der Waals surface area contributed by atoms with Gasteiger partial charge in [0.25, 0.3) is 0 Å². The van der Waals surface area contributed by atoms with Gasteiger partial charge in [-0.15, -0.1) is 0 Å². The van der Waals surface area contributed by atoms with Crippen LogP contribution in [0.25, 0.3) is 0 Å². The maximum absolute atomic E-state index is 12.3. The Morgan fingerprint density at radius 3 is 2.40 bits per heavy atom. The molecule has 3 amide bonds. The van der Waals surface area contributed by atoms with E-state index < -0.39 is 0 Å². The van der Waals surface area contributed by atoms with Gasteiger partial charge in [0.05, 0.1) is 0 Å². The van der Waals surface area contributed by atoms with Crippen molar-refractivity contribution < 1.29 is 14.4 Å². The molecule has 25 heavy (non-hydrogen) atoms. The number of hydrogen-bond donors (Lipinski definition) is 0. The number of amides is 3. The number of imide groups is 1. The highest BCUT2D eigenvalue weighted by molar-refractivity contribution is 6.04. The summed E-state index contributed by atoms with van der Waals surface area (Å²) in [5.41, 5.74) is 0. The van der Waals surface area contributed by atoms with Gasteiger partial charge in [-0.3, -0.25) is 24.2 Å². The topological polar surface area (TPSA) is 78.8 Å². The van der Waals surface area contributed by atoms with Crippen LogP contribution in [0.15, 0.2) is 12.4 Å². The predicted octanol–water partition coefficient (Wildman–Crippen LogP) is -0.261. The second-order valence-corrected chi connectivity index (χ2v) is 6.49. The third kappa shape index (κ3) is 4.07. The highest BCUT2D eigenvalue weighted by Gasteiger charge is 2.32. The third-order valence-electron chi connectivity index (χ3n) is 4.95. The van der Waals surface area contributed by atoms with Gasteiger partial charge in [-0.05, 0) is 0 Å². The Morgan fingerprint density at radius 1 is 1.08 bits per heavy atom. The van der Waals surface area contributed by atoms with E-state index in [1.165, 1.54) is 0 Å². The van der Waals surface area contributed by atoms with Gasteiger partial charge in [0.15, 0.2) is 0 Å². The van der Waals surface area contributed by atoms with Crippen LogP contribution >= 0.6 is 0 Å². The van der Waals surface area contributed by atoms with Crippen LogP contribution in [0, 0.1) is 0 Å². The van der Waals surface area contributed by atoms with Crippen molar-refractivity contribution in [1.29, 1.82) is 0 Å². The van der Waals surface area contributed by atoms with Gasteiger partial charge in [0.2, 0.25) is 17.7 Å². The number of carbonyl (C=O) groups excluding carboxylic acids is 3. The third-order valence-corrected chi connectivity index (χ3v) is 4.95. The minimum Gasteiger partial charge on any atom is -0.339 e. The summed E-state index contributed by atoms with van der Waals surface area (Å²) in [6.07, 6.45) is 5.21. The van der Waals surface area contributed by atoms with Crippen LogP contribution in [0.3, 0.4) is 0 Å². The Hall–Kier alpha value is -2.22. The number of piperazine rings is 1. The van der Waals surface area contributed by atoms with E-state index in [9.17, 15) is 14.4 Å². The fourth-order valence-corrected chi connectivity index (χ4v) is 3.36. The lowest BCUT2D eigenvalue weighted by atomic mass is 10.3. The molecule has 0 aromatic carbocycles. The van der Waals surface area contributed by atoms with Crippen LogP contribution in [-0.2, 0) is 27.3 Å². The molecular formula is C17H25N5O3. The first-order valence-corrected chi connectivity index (χ1v) is 8.92. The van der Waals surface area contributed by atoms with Crippen LogP contribution in [-0.4, -0.2) is 81.2 Å². The summed E-state index contributed by atoms with van der Waals surface area (Å²) in [6, 6.07) is 0. The number of aryl methyl sites for hydroxylation is 1. The molecule has 3 rings (SSSR count). The van der Waals surface area contributed by atoms with Crippen LogP contribution in [0.5, 0.6) is 0 Å². The minimum atomic E-state index is -0.232. The largest absolute Gasteiger partial charge is 0.339 e. The van der Waals surface area contributed by atoms with Crippen molar-refractivity contribution >= 4 is 17.7 Å². The molecule has 136 valence electrons. The highest BCUT2D eigenvalue weighted by Crippen LogP contribution is 2.12. The van der Waals surface area contributed by atoms with Crippen LogP contribution in [0.4, 0.5) is 0 Å². The standard InChI is InChI=1S/C17H25N5O3/c1-2-14-18-5-6-20(14)10-7-19-8-11-21(12-9-19)17(25)13-22-15(23)3-4-16(22)24/h5-6H,2-4,7-13H2,1H3. The lowest BCUT2D eigenvalue weighted by Crippen LogP contribution is -2.52. The van der Waals surface area contributed by atoms with Gasteiger partial charge in [0.1, 0.15) is 12.4 Å². The smallest absolute Gasteiger partial charge is 0.242 e. The summed E-state index contributed by atoms with van der Waals surface area (Å²) in [5.74, 6) is 0.494. The molecule has 1 aromatic rings. The Balaban J connectivity index is 1.43. The quantitative estimate of drug-likeness (QED) is 0.663. The first kappa shape index (κ1) is 17.6. The van der Waals surface area contributed by atoms with E-state index in [1.54, 1.807) is 4.90 Å². The van der Waals surface area contributed by atoms with E-state index in [1.807, 2.05) is 12.4 Å². The van der Waals surface area contributed by atoms with Crippen molar-refractivity contribution in [3.63, 3.8) is 0 Å². The molecule has 0 unspecified atom stereocenters. The molecule has 0 saturated carbocycles. The van der Waals surface area contributed by atoms with E-state index in [0.29, 0.717) is 13.1 Å². The van der Waals surface area contributed by atoms with Crippen molar-refractivity contribution in [2.75, 3.05) is 39.3 Å². The molecule has 2 aliphatic rings. The summed E-state index contributed by atoms with van der Waals surface area (Å²) in [4.78, 5) is 45.1. The molecule has 0 spiro atoms. The van der Waals surface area contributed by atoms with E-state index >= 15 is 0 Å². The van der Waals surface area contributed by atoms with Crippen LogP contribution < -0.4 is 0 Å². The Labute approximate surface area is 147 Å². The molecule has 8 nitrogen and oxygen atoms in total. The fourth-order valence-electron chi connectivity index (χ4n) is 3.36. The van der Waals surface area contributed by atoms with E-state index in [0.717, 1.165) is 43.3 Å². The van der Waals surface area contributed by atoms with Gasteiger partial charge in [-0.2, -0.15) is 0 Å². The second kappa shape index (κ2) is 7.77. The number of carbonyl (C=O) groups is 3. The monoisotopic (exact) mass is 347 g/mol. The second-order valence-electron chi connectivity index (χ2n) is 6.49. The summed E-state index contributed by atoms with van der Waals surface area (Å²) >= 11 is 0. The van der Waals surface area contributed by atoms with Crippen molar-refractivity contribution in [3.8, 4) is 0 Å². The average Bonchev–Trinajstić information content (AvgIpc) is 3.21. The van der Waals surface area contributed by atoms with E-state index in [2.05, 4.69) is 21.4 Å². The number of hydrogen-bond acceptors (Lipinski definition) is 5. The molecule has 8 heteroatoms. The molecule has 2 saturated heterocycles. The Bertz CT molecular complexity index is 632. The molecule has 0 bridgehead atoms. The minimum absolute atomic E-state index is 0.105. The average molecular weight is 347 g/mol. The summed E-state index contributed by atoms with van der Waals surface area (Å²) in [6.45, 7) is 6.71. The van der Waals surface area contributed by atoms with Gasteiger partial charge in [0, 0.05) is 70.9 Å². The fraction of sp³-hybridized carbons (Fsp3) is 0.647. The Morgan fingerprint density at radius 2 is 1.76 bits per heavy atom. The normalized spacial score (nSPS) is 19.1. The molecule has 0 atom stereocenters. The van der Waals surface area contributed by atoms with Crippen molar-refractivity contribution in [2.45, 2.75) is 32.7 Å². The molecule has 0 aliphatic carbocycles. The number of aromatic nitrogens is 2. The number of nitrogens with zero attached hydrogens (tertiary/aromatic N) is 5. The predicted molar refractivity (Wildman–Crippen MR) is 90.6 cm³/mol. The molecule has 1 aromatic heterocycles. The van der Waals surface area contributed by atoms with E-state index in [-0.39, 0.29) is 37.1 Å². The molecule has 3 heterocycles. The Kier molecular flexibility index (Phi) is 5.47.